The maximum atomic E-state index is 14.6. The highest BCUT2D eigenvalue weighted by Gasteiger charge is 2.31. The molecule has 2 aliphatic heterocycles. The Morgan fingerprint density at radius 1 is 1.29 bits per heavy atom. The van der Waals surface area contributed by atoms with Crippen LogP contribution in [-0.2, 0) is 17.8 Å². The number of hydrogen-bond acceptors (Lipinski definition) is 9. The molecule has 2 aliphatic rings. The average molecular weight is 499 g/mol. The summed E-state index contributed by atoms with van der Waals surface area (Å²) in [6, 6.07) is 7.40. The van der Waals surface area contributed by atoms with Gasteiger partial charge in [0.15, 0.2) is 0 Å². The number of likely N-dealkylation sites (tertiary alicyclic amines) is 1. The van der Waals surface area contributed by atoms with E-state index in [-0.39, 0.29) is 17.6 Å². The first-order valence-electron chi connectivity index (χ1n) is 11.5. The highest BCUT2D eigenvalue weighted by Crippen LogP contribution is 2.29. The van der Waals surface area contributed by atoms with E-state index < -0.39 is 6.10 Å². The van der Waals surface area contributed by atoms with E-state index in [1.807, 2.05) is 12.1 Å². The van der Waals surface area contributed by atoms with Gasteiger partial charge in [-0.3, -0.25) is 9.78 Å². The number of rotatable bonds is 8. The number of halogens is 1. The molecule has 5 rings (SSSR count). The fraction of sp³-hybridized carbons (Fsp3) is 0.417. The second-order valence-corrected chi connectivity index (χ2v) is 9.78. The van der Waals surface area contributed by atoms with Crippen molar-refractivity contribution in [2.24, 2.45) is 5.92 Å². The fourth-order valence-corrected chi connectivity index (χ4v) is 5.27. The minimum atomic E-state index is -0.466. The van der Waals surface area contributed by atoms with E-state index >= 15 is 0 Å². The number of amides is 1. The SMILES string of the molecule is COc1ccc2ncc(F)c(CCN3CC(O)C(CNCc4ccc5c(n4)NC(=O)CS5)C3)c2n1. The Morgan fingerprint density at radius 2 is 2.17 bits per heavy atom. The van der Waals surface area contributed by atoms with Crippen LogP contribution >= 0.6 is 11.8 Å². The Bertz CT molecular complexity index is 1250. The molecule has 0 saturated carbocycles. The molecule has 1 amide bonds. The van der Waals surface area contributed by atoms with E-state index in [1.54, 1.807) is 12.1 Å². The van der Waals surface area contributed by atoms with Crippen molar-refractivity contribution in [1.82, 2.24) is 25.2 Å². The molecular formula is C24H27FN6O3S. The predicted octanol–water partition coefficient (Wildman–Crippen LogP) is 1.84. The van der Waals surface area contributed by atoms with Gasteiger partial charge in [0.2, 0.25) is 11.8 Å². The molecule has 0 aliphatic carbocycles. The fourth-order valence-electron chi connectivity index (χ4n) is 4.51. The summed E-state index contributed by atoms with van der Waals surface area (Å²) in [5.41, 5.74) is 2.47. The molecule has 2 atom stereocenters. The van der Waals surface area contributed by atoms with Gasteiger partial charge in [0.05, 0.1) is 46.8 Å². The van der Waals surface area contributed by atoms with Crippen LogP contribution in [0.4, 0.5) is 10.2 Å². The minimum Gasteiger partial charge on any atom is -0.481 e. The van der Waals surface area contributed by atoms with Gasteiger partial charge >= 0.3 is 0 Å². The van der Waals surface area contributed by atoms with E-state index in [0.717, 1.165) is 10.6 Å². The van der Waals surface area contributed by atoms with Gasteiger partial charge in [0.1, 0.15) is 11.6 Å². The maximum Gasteiger partial charge on any atom is 0.235 e. The van der Waals surface area contributed by atoms with Gasteiger partial charge in [-0.25, -0.2) is 14.4 Å². The van der Waals surface area contributed by atoms with Crippen LogP contribution in [0.3, 0.4) is 0 Å². The van der Waals surface area contributed by atoms with Crippen molar-refractivity contribution in [2.45, 2.75) is 24.0 Å². The summed E-state index contributed by atoms with van der Waals surface area (Å²) in [6.07, 6.45) is 1.23. The molecule has 184 valence electrons. The van der Waals surface area contributed by atoms with Gasteiger partial charge in [-0.15, -0.1) is 11.8 Å². The number of β-amino-alcohol motifs (C(OH)–C–C–N with tert-alkyl or cyclic N) is 1. The third-order valence-electron chi connectivity index (χ3n) is 6.35. The molecule has 5 heterocycles. The zero-order chi connectivity index (χ0) is 24.4. The molecule has 3 aromatic heterocycles. The molecule has 1 fully saturated rings. The highest BCUT2D eigenvalue weighted by molar-refractivity contribution is 8.00. The number of carbonyl (C=O) groups is 1. The molecule has 0 radical (unpaired) electrons. The summed E-state index contributed by atoms with van der Waals surface area (Å²) in [5, 5.41) is 16.8. The van der Waals surface area contributed by atoms with Crippen LogP contribution < -0.4 is 15.4 Å². The number of carbonyl (C=O) groups excluding carboxylic acids is 1. The number of aliphatic hydroxyl groups is 1. The van der Waals surface area contributed by atoms with Crippen LogP contribution in [0, 0.1) is 11.7 Å². The molecule has 3 aromatic rings. The van der Waals surface area contributed by atoms with Crippen molar-refractivity contribution in [1.29, 1.82) is 0 Å². The van der Waals surface area contributed by atoms with E-state index in [4.69, 9.17) is 4.74 Å². The molecule has 3 N–H and O–H groups in total. The summed E-state index contributed by atoms with van der Waals surface area (Å²) < 4.78 is 19.8. The van der Waals surface area contributed by atoms with E-state index in [9.17, 15) is 14.3 Å². The van der Waals surface area contributed by atoms with E-state index in [1.165, 1.54) is 25.1 Å². The predicted molar refractivity (Wildman–Crippen MR) is 131 cm³/mol. The average Bonchev–Trinajstić information content (AvgIpc) is 3.21. The van der Waals surface area contributed by atoms with Crippen LogP contribution in [0.5, 0.6) is 5.88 Å². The number of pyridine rings is 3. The Hall–Kier alpha value is -2.86. The summed E-state index contributed by atoms with van der Waals surface area (Å²) in [4.78, 5) is 27.8. The first-order valence-corrected chi connectivity index (χ1v) is 12.5. The van der Waals surface area contributed by atoms with E-state index in [0.29, 0.717) is 73.2 Å². The number of ether oxygens (including phenoxy) is 1. The lowest BCUT2D eigenvalue weighted by atomic mass is 10.1. The normalized spacial score (nSPS) is 20.1. The zero-order valence-electron chi connectivity index (χ0n) is 19.3. The summed E-state index contributed by atoms with van der Waals surface area (Å²) >= 11 is 1.49. The van der Waals surface area contributed by atoms with Gasteiger partial charge in [-0.1, -0.05) is 0 Å². The lowest BCUT2D eigenvalue weighted by Gasteiger charge is -2.18. The summed E-state index contributed by atoms with van der Waals surface area (Å²) in [6.45, 7) is 3.02. The Balaban J connectivity index is 1.15. The van der Waals surface area contributed by atoms with Crippen molar-refractivity contribution in [3.05, 3.63) is 47.5 Å². The number of aliphatic hydroxyl groups excluding tert-OH is 1. The molecule has 35 heavy (non-hydrogen) atoms. The number of thioether (sulfide) groups is 1. The third kappa shape index (κ3) is 5.37. The molecular weight excluding hydrogens is 471 g/mol. The Morgan fingerprint density at radius 3 is 3.03 bits per heavy atom. The van der Waals surface area contributed by atoms with Gasteiger partial charge in [0, 0.05) is 50.3 Å². The standard InChI is InChI=1S/C24H27FN6O3S/c1-34-22-5-3-18-23(30-22)16(17(25)10-27-18)6-7-31-11-14(19(32)12-31)8-26-9-15-2-4-20-24(28-15)29-21(33)13-35-20/h2-5,10,14,19,26,32H,6-9,11-13H2,1H3,(H,28,29,33). The first-order chi connectivity index (χ1) is 17.0. The van der Waals surface area contributed by atoms with Gasteiger partial charge in [0.25, 0.3) is 0 Å². The lowest BCUT2D eigenvalue weighted by molar-refractivity contribution is -0.113. The van der Waals surface area contributed by atoms with Crippen molar-refractivity contribution >= 4 is 34.5 Å². The second-order valence-electron chi connectivity index (χ2n) is 8.76. The number of nitrogens with zero attached hydrogens (tertiary/aromatic N) is 4. The second kappa shape index (κ2) is 10.4. The lowest BCUT2D eigenvalue weighted by Crippen LogP contribution is -2.30. The molecule has 2 unspecified atom stereocenters. The molecule has 9 nitrogen and oxygen atoms in total. The van der Waals surface area contributed by atoms with Crippen molar-refractivity contribution in [2.75, 3.05) is 44.4 Å². The monoisotopic (exact) mass is 498 g/mol. The third-order valence-corrected chi connectivity index (χ3v) is 7.40. The van der Waals surface area contributed by atoms with Crippen LogP contribution in [0.1, 0.15) is 11.3 Å². The maximum absolute atomic E-state index is 14.6. The molecule has 0 bridgehead atoms. The minimum absolute atomic E-state index is 0.0381. The molecule has 0 aromatic carbocycles. The molecule has 1 saturated heterocycles. The van der Waals surface area contributed by atoms with Crippen molar-refractivity contribution in [3.8, 4) is 5.88 Å². The summed E-state index contributed by atoms with van der Waals surface area (Å²) in [5.74, 6) is 1.08. The van der Waals surface area contributed by atoms with Crippen molar-refractivity contribution < 1.29 is 19.0 Å². The van der Waals surface area contributed by atoms with Crippen LogP contribution in [-0.4, -0.2) is 76.0 Å². The van der Waals surface area contributed by atoms with Crippen LogP contribution in [0.2, 0.25) is 0 Å². The Kier molecular flexibility index (Phi) is 7.09. The van der Waals surface area contributed by atoms with E-state index in [2.05, 4.69) is 30.5 Å². The number of fused-ring (bicyclic) bond motifs is 2. The number of hydrogen-bond donors (Lipinski definition) is 3. The number of methoxy groups -OCH3 is 1. The summed E-state index contributed by atoms with van der Waals surface area (Å²) in [7, 11) is 1.53. The van der Waals surface area contributed by atoms with Gasteiger partial charge < -0.3 is 25.4 Å². The molecule has 0 spiro atoms. The number of aromatic nitrogens is 3. The van der Waals surface area contributed by atoms with Crippen LogP contribution in [0.15, 0.2) is 35.4 Å². The largest absolute Gasteiger partial charge is 0.481 e. The topological polar surface area (TPSA) is 113 Å². The number of nitrogens with one attached hydrogen (secondary N) is 2. The van der Waals surface area contributed by atoms with Crippen molar-refractivity contribution in [3.63, 3.8) is 0 Å². The quantitative estimate of drug-likeness (QED) is 0.428. The van der Waals surface area contributed by atoms with Gasteiger partial charge in [-0.05, 0) is 24.6 Å². The first kappa shape index (κ1) is 23.9. The molecule has 11 heteroatoms. The zero-order valence-corrected chi connectivity index (χ0v) is 20.1. The Labute approximate surface area is 206 Å². The van der Waals surface area contributed by atoms with Gasteiger partial charge in [-0.2, -0.15) is 0 Å². The highest BCUT2D eigenvalue weighted by atomic mass is 32.2. The van der Waals surface area contributed by atoms with Crippen LogP contribution in [0.25, 0.3) is 11.0 Å². The number of anilines is 1. The smallest absolute Gasteiger partial charge is 0.235 e.